The second-order valence-electron chi connectivity index (χ2n) is 6.40. The summed E-state index contributed by atoms with van der Waals surface area (Å²) < 4.78 is 16.8. The highest BCUT2D eigenvalue weighted by Gasteiger charge is 2.49. The van der Waals surface area contributed by atoms with Crippen LogP contribution in [0, 0.1) is 11.2 Å². The molecule has 6 nitrogen and oxygen atoms in total. The molecule has 0 N–H and O–H groups in total. The van der Waals surface area contributed by atoms with Crippen LogP contribution in [-0.2, 0) is 4.79 Å². The number of benzene rings is 1. The molecule has 4 rings (SSSR count). The van der Waals surface area contributed by atoms with Gasteiger partial charge in [-0.3, -0.25) is 9.59 Å². The molecule has 2 amide bonds. The van der Waals surface area contributed by atoms with Crippen LogP contribution >= 0.6 is 11.5 Å². The number of anilines is 1. The summed E-state index contributed by atoms with van der Waals surface area (Å²) in [6.07, 6.45) is 1.18. The molecule has 2 aliphatic rings. The molecule has 1 atom stereocenters. The van der Waals surface area contributed by atoms with Crippen LogP contribution in [0.1, 0.15) is 23.3 Å². The van der Waals surface area contributed by atoms with Gasteiger partial charge in [0.15, 0.2) is 5.69 Å². The first kappa shape index (κ1) is 15.2. The predicted octanol–water partition coefficient (Wildman–Crippen LogP) is 1.95. The summed E-state index contributed by atoms with van der Waals surface area (Å²) >= 11 is 1.15. The molecular weight excluding hydrogens is 331 g/mol. The minimum absolute atomic E-state index is 0.0197. The van der Waals surface area contributed by atoms with E-state index in [0.717, 1.165) is 18.0 Å². The minimum atomic E-state index is -0.324. The molecule has 1 spiro atoms. The fourth-order valence-electron chi connectivity index (χ4n) is 3.55. The summed E-state index contributed by atoms with van der Waals surface area (Å²) in [5.74, 6) is -0.436. The van der Waals surface area contributed by atoms with Gasteiger partial charge in [0, 0.05) is 42.5 Å². The molecule has 1 unspecified atom stereocenters. The van der Waals surface area contributed by atoms with Crippen molar-refractivity contribution in [2.45, 2.75) is 12.8 Å². The highest BCUT2D eigenvalue weighted by molar-refractivity contribution is 7.03. The van der Waals surface area contributed by atoms with Crippen LogP contribution in [0.5, 0.6) is 0 Å². The normalized spacial score (nSPS) is 23.5. The summed E-state index contributed by atoms with van der Waals surface area (Å²) in [6, 6.07) is 5.94. The Kier molecular flexibility index (Phi) is 3.56. The van der Waals surface area contributed by atoms with Crippen LogP contribution in [0.3, 0.4) is 0 Å². The van der Waals surface area contributed by atoms with Gasteiger partial charge in [-0.2, -0.15) is 0 Å². The van der Waals surface area contributed by atoms with E-state index in [4.69, 9.17) is 0 Å². The van der Waals surface area contributed by atoms with E-state index in [1.54, 1.807) is 27.3 Å². The number of aromatic nitrogens is 2. The second kappa shape index (κ2) is 5.62. The predicted molar refractivity (Wildman–Crippen MR) is 86.2 cm³/mol. The van der Waals surface area contributed by atoms with E-state index in [1.165, 1.54) is 12.1 Å². The number of rotatable bonds is 2. The standard InChI is InChI=1S/C16H15FN4O2S/c17-11-1-3-12(4-2-11)21-10-16(7-14(21)22)5-6-20(9-16)15(23)13-8-24-19-18-13/h1-4,8H,5-7,9-10H2. The third kappa shape index (κ3) is 2.56. The molecule has 1 aromatic carbocycles. The monoisotopic (exact) mass is 346 g/mol. The topological polar surface area (TPSA) is 66.4 Å². The fourth-order valence-corrected chi connectivity index (χ4v) is 3.98. The van der Waals surface area contributed by atoms with Crippen LogP contribution in [0.25, 0.3) is 0 Å². The molecule has 2 saturated heterocycles. The molecular formula is C16H15FN4O2S. The zero-order valence-corrected chi connectivity index (χ0v) is 13.6. The van der Waals surface area contributed by atoms with Gasteiger partial charge in [0.05, 0.1) is 0 Å². The van der Waals surface area contributed by atoms with Crippen LogP contribution < -0.4 is 4.90 Å². The zero-order chi connectivity index (χ0) is 16.7. The molecule has 3 heterocycles. The van der Waals surface area contributed by atoms with Crippen LogP contribution in [0.15, 0.2) is 29.6 Å². The van der Waals surface area contributed by atoms with E-state index >= 15 is 0 Å². The van der Waals surface area contributed by atoms with Crippen molar-refractivity contribution in [3.63, 3.8) is 0 Å². The summed E-state index contributed by atoms with van der Waals surface area (Å²) in [5, 5.41) is 5.46. The summed E-state index contributed by atoms with van der Waals surface area (Å²) in [5.41, 5.74) is 0.827. The van der Waals surface area contributed by atoms with Crippen LogP contribution in [0.4, 0.5) is 10.1 Å². The van der Waals surface area contributed by atoms with Crippen molar-refractivity contribution in [3.05, 3.63) is 41.2 Å². The van der Waals surface area contributed by atoms with Gasteiger partial charge in [0.25, 0.3) is 5.91 Å². The lowest BCUT2D eigenvalue weighted by Crippen LogP contribution is -2.34. The lowest BCUT2D eigenvalue weighted by Gasteiger charge is -2.24. The number of carbonyl (C=O) groups excluding carboxylic acids is 2. The smallest absolute Gasteiger partial charge is 0.275 e. The molecule has 0 aliphatic carbocycles. The van der Waals surface area contributed by atoms with Crippen molar-refractivity contribution >= 4 is 29.0 Å². The molecule has 124 valence electrons. The van der Waals surface area contributed by atoms with Crippen molar-refractivity contribution in [2.24, 2.45) is 5.41 Å². The largest absolute Gasteiger partial charge is 0.337 e. The first-order valence-electron chi connectivity index (χ1n) is 7.69. The maximum Gasteiger partial charge on any atom is 0.275 e. The lowest BCUT2D eigenvalue weighted by atomic mass is 9.86. The van der Waals surface area contributed by atoms with Crippen molar-refractivity contribution in [3.8, 4) is 0 Å². The van der Waals surface area contributed by atoms with E-state index in [9.17, 15) is 14.0 Å². The molecule has 0 bridgehead atoms. The van der Waals surface area contributed by atoms with Gasteiger partial charge in [0.2, 0.25) is 5.91 Å². The fraction of sp³-hybridized carbons (Fsp3) is 0.375. The van der Waals surface area contributed by atoms with Crippen molar-refractivity contribution in [1.29, 1.82) is 0 Å². The van der Waals surface area contributed by atoms with Crippen molar-refractivity contribution in [1.82, 2.24) is 14.5 Å². The Labute approximate surface area is 142 Å². The van der Waals surface area contributed by atoms with Crippen LogP contribution in [0.2, 0.25) is 0 Å². The van der Waals surface area contributed by atoms with Gasteiger partial charge in [-0.1, -0.05) is 4.49 Å². The average Bonchev–Trinajstić information content (AvgIpc) is 3.29. The third-order valence-electron chi connectivity index (χ3n) is 4.76. The van der Waals surface area contributed by atoms with Gasteiger partial charge in [-0.15, -0.1) is 5.10 Å². The molecule has 8 heteroatoms. The highest BCUT2D eigenvalue weighted by Crippen LogP contribution is 2.42. The van der Waals surface area contributed by atoms with Crippen molar-refractivity contribution < 1.29 is 14.0 Å². The summed E-state index contributed by atoms with van der Waals surface area (Å²) in [6.45, 7) is 1.70. The minimum Gasteiger partial charge on any atom is -0.337 e. The quantitative estimate of drug-likeness (QED) is 0.834. The molecule has 24 heavy (non-hydrogen) atoms. The van der Waals surface area contributed by atoms with E-state index in [1.807, 2.05) is 0 Å². The van der Waals surface area contributed by atoms with Crippen molar-refractivity contribution in [2.75, 3.05) is 24.5 Å². The Morgan fingerprint density at radius 1 is 1.25 bits per heavy atom. The lowest BCUT2D eigenvalue weighted by molar-refractivity contribution is -0.117. The van der Waals surface area contributed by atoms with Crippen LogP contribution in [-0.4, -0.2) is 45.9 Å². The number of halogens is 1. The Bertz CT molecular complexity index is 780. The van der Waals surface area contributed by atoms with Gasteiger partial charge >= 0.3 is 0 Å². The molecule has 2 aliphatic heterocycles. The van der Waals surface area contributed by atoms with Gasteiger partial charge in [-0.25, -0.2) is 4.39 Å². The number of amides is 2. The maximum absolute atomic E-state index is 13.1. The molecule has 0 saturated carbocycles. The Morgan fingerprint density at radius 3 is 2.75 bits per heavy atom. The molecule has 1 aromatic heterocycles. The summed E-state index contributed by atoms with van der Waals surface area (Å²) in [7, 11) is 0. The number of hydrogen-bond donors (Lipinski definition) is 0. The molecule has 2 aromatic rings. The van der Waals surface area contributed by atoms with E-state index in [-0.39, 0.29) is 23.0 Å². The Balaban J connectivity index is 1.50. The first-order valence-corrected chi connectivity index (χ1v) is 8.52. The molecule has 0 radical (unpaired) electrons. The van der Waals surface area contributed by atoms with E-state index in [0.29, 0.717) is 37.4 Å². The maximum atomic E-state index is 13.1. The average molecular weight is 346 g/mol. The Hall–Kier alpha value is -2.35. The SMILES string of the molecule is O=C(c1csnn1)N1CCC2(CC(=O)N(c3ccc(F)cc3)C2)C1. The molecule has 2 fully saturated rings. The second-order valence-corrected chi connectivity index (χ2v) is 7.01. The number of carbonyl (C=O) groups is 2. The van der Waals surface area contributed by atoms with E-state index < -0.39 is 0 Å². The zero-order valence-electron chi connectivity index (χ0n) is 12.8. The Morgan fingerprint density at radius 2 is 2.04 bits per heavy atom. The van der Waals surface area contributed by atoms with Gasteiger partial charge < -0.3 is 9.80 Å². The third-order valence-corrected chi connectivity index (χ3v) is 5.27. The summed E-state index contributed by atoms with van der Waals surface area (Å²) in [4.78, 5) is 28.3. The number of nitrogens with zero attached hydrogens (tertiary/aromatic N) is 4. The number of hydrogen-bond acceptors (Lipinski definition) is 5. The number of likely N-dealkylation sites (tertiary alicyclic amines) is 1. The van der Waals surface area contributed by atoms with Gasteiger partial charge in [-0.05, 0) is 42.2 Å². The van der Waals surface area contributed by atoms with E-state index in [2.05, 4.69) is 9.59 Å². The highest BCUT2D eigenvalue weighted by atomic mass is 32.1. The first-order chi connectivity index (χ1) is 11.6. The van der Waals surface area contributed by atoms with Gasteiger partial charge in [0.1, 0.15) is 5.82 Å².